The molecule has 118 valence electrons. The minimum Gasteiger partial charge on any atom is -0.478 e. The van der Waals surface area contributed by atoms with Crippen molar-refractivity contribution in [3.63, 3.8) is 0 Å². The highest BCUT2D eigenvalue weighted by Crippen LogP contribution is 2.20. The summed E-state index contributed by atoms with van der Waals surface area (Å²) < 4.78 is 32.3. The Morgan fingerprint density at radius 2 is 1.86 bits per heavy atom. The summed E-state index contributed by atoms with van der Waals surface area (Å²) in [6, 6.07) is 2.21. The number of carboxylic acids is 1. The molecule has 1 unspecified atom stereocenters. The number of nitrogens with one attached hydrogen (secondary N) is 1. The molecule has 1 aromatic rings. The SMILES string of the molecule is COC(C)[C@H](C)NS(=O)(=O)c1cc(C)c(C)c(C(=O)O)c1. The van der Waals surface area contributed by atoms with Crippen molar-refractivity contribution in [1.29, 1.82) is 0 Å². The second-order valence-electron chi connectivity index (χ2n) is 5.07. The first kappa shape index (κ1) is 17.6. The minimum absolute atomic E-state index is 0.0113. The van der Waals surface area contributed by atoms with Crippen molar-refractivity contribution in [2.75, 3.05) is 7.11 Å². The highest BCUT2D eigenvalue weighted by Gasteiger charge is 2.23. The number of aryl methyl sites for hydroxylation is 1. The van der Waals surface area contributed by atoms with Crippen LogP contribution >= 0.6 is 0 Å². The van der Waals surface area contributed by atoms with Crippen molar-refractivity contribution in [1.82, 2.24) is 4.72 Å². The maximum Gasteiger partial charge on any atom is 0.336 e. The van der Waals surface area contributed by atoms with Crippen LogP contribution in [0, 0.1) is 13.8 Å². The largest absolute Gasteiger partial charge is 0.478 e. The van der Waals surface area contributed by atoms with Gasteiger partial charge in [0, 0.05) is 13.2 Å². The van der Waals surface area contributed by atoms with Gasteiger partial charge >= 0.3 is 5.97 Å². The van der Waals surface area contributed by atoms with E-state index in [1.54, 1.807) is 27.7 Å². The molecule has 7 heteroatoms. The fourth-order valence-corrected chi connectivity index (χ4v) is 3.24. The molecule has 0 aliphatic carbocycles. The molecule has 0 radical (unpaired) electrons. The molecule has 0 saturated heterocycles. The number of hydrogen-bond donors (Lipinski definition) is 2. The fourth-order valence-electron chi connectivity index (χ4n) is 1.82. The zero-order valence-corrected chi connectivity index (χ0v) is 13.6. The van der Waals surface area contributed by atoms with Gasteiger partial charge in [-0.25, -0.2) is 17.9 Å². The van der Waals surface area contributed by atoms with Crippen LogP contribution in [0.4, 0.5) is 0 Å². The van der Waals surface area contributed by atoms with Gasteiger partial charge in [0.1, 0.15) is 0 Å². The topological polar surface area (TPSA) is 92.7 Å². The Morgan fingerprint density at radius 3 is 2.33 bits per heavy atom. The van der Waals surface area contributed by atoms with Gasteiger partial charge in [0.15, 0.2) is 0 Å². The Balaban J connectivity index is 3.24. The lowest BCUT2D eigenvalue weighted by atomic mass is 10.0. The molecule has 0 aromatic heterocycles. The molecule has 0 bridgehead atoms. The smallest absolute Gasteiger partial charge is 0.336 e. The third-order valence-corrected chi connectivity index (χ3v) is 5.14. The van der Waals surface area contributed by atoms with Crippen molar-refractivity contribution >= 4 is 16.0 Å². The summed E-state index contributed by atoms with van der Waals surface area (Å²) in [7, 11) is -2.31. The van der Waals surface area contributed by atoms with E-state index >= 15 is 0 Å². The first-order valence-electron chi connectivity index (χ1n) is 6.49. The number of benzene rings is 1. The Bertz CT molecular complexity index is 639. The molecule has 0 spiro atoms. The highest BCUT2D eigenvalue weighted by molar-refractivity contribution is 7.89. The van der Waals surface area contributed by atoms with E-state index in [0.29, 0.717) is 11.1 Å². The number of aromatic carboxylic acids is 1. The number of hydrogen-bond acceptors (Lipinski definition) is 4. The van der Waals surface area contributed by atoms with Crippen LogP contribution in [0.5, 0.6) is 0 Å². The van der Waals surface area contributed by atoms with E-state index in [9.17, 15) is 13.2 Å². The van der Waals surface area contributed by atoms with Gasteiger partial charge in [-0.3, -0.25) is 0 Å². The number of carbonyl (C=O) groups is 1. The van der Waals surface area contributed by atoms with Gasteiger partial charge in [0.2, 0.25) is 10.0 Å². The Morgan fingerprint density at radius 1 is 1.29 bits per heavy atom. The minimum atomic E-state index is -3.80. The van der Waals surface area contributed by atoms with Gasteiger partial charge in [-0.15, -0.1) is 0 Å². The van der Waals surface area contributed by atoms with Crippen LogP contribution in [-0.2, 0) is 14.8 Å². The monoisotopic (exact) mass is 315 g/mol. The second kappa shape index (κ2) is 6.55. The molecule has 1 aromatic carbocycles. The lowest BCUT2D eigenvalue weighted by Crippen LogP contribution is -2.40. The van der Waals surface area contributed by atoms with Gasteiger partial charge in [0.25, 0.3) is 0 Å². The van der Waals surface area contributed by atoms with E-state index in [4.69, 9.17) is 9.84 Å². The standard InChI is InChI=1S/C14H21NO5S/c1-8-6-12(7-13(9(8)2)14(16)17)21(18,19)15-10(3)11(4)20-5/h6-7,10-11,15H,1-5H3,(H,16,17)/t10-,11?/m0/s1. The number of sulfonamides is 1. The van der Waals surface area contributed by atoms with Crippen LogP contribution in [0.3, 0.4) is 0 Å². The average molecular weight is 315 g/mol. The Labute approximate surface area is 125 Å². The molecule has 0 aliphatic rings. The van der Waals surface area contributed by atoms with E-state index in [2.05, 4.69) is 4.72 Å². The highest BCUT2D eigenvalue weighted by atomic mass is 32.2. The summed E-state index contributed by atoms with van der Waals surface area (Å²) in [5, 5.41) is 9.15. The summed E-state index contributed by atoms with van der Waals surface area (Å²) >= 11 is 0. The number of methoxy groups -OCH3 is 1. The summed E-state index contributed by atoms with van der Waals surface area (Å²) in [5.41, 5.74) is 1.16. The molecule has 0 heterocycles. The maximum atomic E-state index is 12.3. The molecule has 6 nitrogen and oxygen atoms in total. The lowest BCUT2D eigenvalue weighted by molar-refractivity contribution is 0.0695. The second-order valence-corrected chi connectivity index (χ2v) is 6.78. The van der Waals surface area contributed by atoms with E-state index in [1.807, 2.05) is 0 Å². The normalized spacial score (nSPS) is 14.7. The molecule has 0 aliphatic heterocycles. The van der Waals surface area contributed by atoms with Crippen LogP contribution in [0.25, 0.3) is 0 Å². The lowest BCUT2D eigenvalue weighted by Gasteiger charge is -2.20. The molecular weight excluding hydrogens is 294 g/mol. The third-order valence-electron chi connectivity index (χ3n) is 3.60. The first-order valence-corrected chi connectivity index (χ1v) is 7.98. The first-order chi connectivity index (χ1) is 9.60. The van der Waals surface area contributed by atoms with Gasteiger partial charge in [-0.2, -0.15) is 0 Å². The molecule has 1 rings (SSSR count). The maximum absolute atomic E-state index is 12.3. The van der Waals surface area contributed by atoms with Crippen LogP contribution in [0.15, 0.2) is 17.0 Å². The predicted octanol–water partition coefficient (Wildman–Crippen LogP) is 1.70. The van der Waals surface area contributed by atoms with Crippen LogP contribution in [0.1, 0.15) is 35.3 Å². The van der Waals surface area contributed by atoms with Crippen LogP contribution in [0.2, 0.25) is 0 Å². The molecule has 0 saturated carbocycles. The molecule has 0 amide bonds. The predicted molar refractivity (Wildman–Crippen MR) is 79.1 cm³/mol. The summed E-state index contributed by atoms with van der Waals surface area (Å²) in [5.74, 6) is -1.15. The van der Waals surface area contributed by atoms with Crippen molar-refractivity contribution in [2.24, 2.45) is 0 Å². The zero-order valence-electron chi connectivity index (χ0n) is 12.8. The third kappa shape index (κ3) is 4.03. The van der Waals surface area contributed by atoms with E-state index in [1.165, 1.54) is 19.2 Å². The van der Waals surface area contributed by atoms with Crippen LogP contribution < -0.4 is 4.72 Å². The number of carboxylic acid groups (broad SMARTS) is 1. The van der Waals surface area contributed by atoms with E-state index < -0.39 is 22.0 Å². The van der Waals surface area contributed by atoms with Gasteiger partial charge in [-0.05, 0) is 51.0 Å². The van der Waals surface area contributed by atoms with Crippen molar-refractivity contribution in [2.45, 2.75) is 44.7 Å². The average Bonchev–Trinajstić information content (AvgIpc) is 2.39. The van der Waals surface area contributed by atoms with Crippen molar-refractivity contribution in [3.8, 4) is 0 Å². The zero-order chi connectivity index (χ0) is 16.4. The summed E-state index contributed by atoms with van der Waals surface area (Å²) in [6.45, 7) is 6.77. The Kier molecular flexibility index (Phi) is 5.49. The fraction of sp³-hybridized carbons (Fsp3) is 0.500. The van der Waals surface area contributed by atoms with Gasteiger partial charge < -0.3 is 9.84 Å². The molecule has 2 atom stereocenters. The Hall–Kier alpha value is -1.44. The molecule has 2 N–H and O–H groups in total. The van der Waals surface area contributed by atoms with Crippen molar-refractivity contribution < 1.29 is 23.1 Å². The quantitative estimate of drug-likeness (QED) is 0.833. The number of ether oxygens (including phenoxy) is 1. The van der Waals surface area contributed by atoms with Gasteiger partial charge in [0.05, 0.1) is 16.6 Å². The summed E-state index contributed by atoms with van der Waals surface area (Å²) in [4.78, 5) is 11.1. The van der Waals surface area contributed by atoms with Gasteiger partial charge in [-0.1, -0.05) is 0 Å². The molecule has 0 fully saturated rings. The summed E-state index contributed by atoms with van der Waals surface area (Å²) in [6.07, 6.45) is -0.301. The van der Waals surface area contributed by atoms with E-state index in [-0.39, 0.29) is 16.6 Å². The molecule has 21 heavy (non-hydrogen) atoms. The van der Waals surface area contributed by atoms with E-state index in [0.717, 1.165) is 0 Å². The number of rotatable bonds is 6. The van der Waals surface area contributed by atoms with Crippen molar-refractivity contribution in [3.05, 3.63) is 28.8 Å². The molecular formula is C14H21NO5S. The van der Waals surface area contributed by atoms with Crippen LogP contribution in [-0.4, -0.2) is 38.7 Å².